The topological polar surface area (TPSA) is 87.7 Å². The van der Waals surface area contributed by atoms with Gasteiger partial charge in [0.25, 0.3) is 5.91 Å². The highest BCUT2D eigenvalue weighted by Gasteiger charge is 2.49. The molecule has 2 N–H and O–H groups in total. The van der Waals surface area contributed by atoms with E-state index in [0.29, 0.717) is 17.9 Å². The van der Waals surface area contributed by atoms with Crippen molar-refractivity contribution >= 4 is 23.5 Å². The molecule has 7 nitrogen and oxygen atoms in total. The Kier molecular flexibility index (Phi) is 6.05. The van der Waals surface area contributed by atoms with Crippen LogP contribution in [0.2, 0.25) is 0 Å². The molecule has 0 bridgehead atoms. The molecular weight excluding hydrogens is 408 g/mol. The van der Waals surface area contributed by atoms with Crippen molar-refractivity contribution in [3.8, 4) is 5.75 Å². The Balaban J connectivity index is 1.69. The van der Waals surface area contributed by atoms with Gasteiger partial charge in [-0.1, -0.05) is 18.7 Å². The fourth-order valence-electron chi connectivity index (χ4n) is 3.05. The van der Waals surface area contributed by atoms with E-state index in [-0.39, 0.29) is 5.69 Å². The van der Waals surface area contributed by atoms with Crippen molar-refractivity contribution in [1.29, 1.82) is 0 Å². The molecule has 2 aromatic rings. The number of amides is 4. The first kappa shape index (κ1) is 21.9. The quantitative estimate of drug-likeness (QED) is 0.522. The van der Waals surface area contributed by atoms with Gasteiger partial charge in [-0.2, -0.15) is 0 Å². The minimum Gasteiger partial charge on any atom is -0.489 e. The third-order valence-corrected chi connectivity index (χ3v) is 4.70. The number of halogens is 2. The Bertz CT molecular complexity index is 1060. The van der Waals surface area contributed by atoms with Gasteiger partial charge in [-0.05, 0) is 49.2 Å². The molecule has 0 aliphatic carbocycles. The number of nitrogens with one attached hydrogen (secondary N) is 2. The van der Waals surface area contributed by atoms with Crippen LogP contribution in [0.1, 0.15) is 19.4 Å². The summed E-state index contributed by atoms with van der Waals surface area (Å²) in [6.45, 7) is 6.89. The van der Waals surface area contributed by atoms with Crippen molar-refractivity contribution in [2.45, 2.75) is 19.4 Å². The van der Waals surface area contributed by atoms with E-state index in [2.05, 4.69) is 17.2 Å². The van der Waals surface area contributed by atoms with Gasteiger partial charge in [-0.25, -0.2) is 13.6 Å². The Hall–Kier alpha value is -3.75. The van der Waals surface area contributed by atoms with Crippen molar-refractivity contribution in [3.63, 3.8) is 0 Å². The SMILES string of the molecule is C=C(C)COc1ccc(C2(C)NC(=O)N(CC(=O)Nc3ccc(F)c(F)c3)C2=O)cc1. The minimum absolute atomic E-state index is 0.00376. The number of hydrogen-bond acceptors (Lipinski definition) is 4. The lowest BCUT2D eigenvalue weighted by Crippen LogP contribution is -2.42. The van der Waals surface area contributed by atoms with Crippen LogP contribution in [0.5, 0.6) is 5.75 Å². The Morgan fingerprint density at radius 1 is 1.16 bits per heavy atom. The van der Waals surface area contributed by atoms with Crippen molar-refractivity contribution in [3.05, 3.63) is 71.8 Å². The summed E-state index contributed by atoms with van der Waals surface area (Å²) < 4.78 is 31.8. The standard InChI is InChI=1S/C22H21F2N3O4/c1-13(2)12-31-16-7-4-14(5-8-16)22(3)20(29)27(21(30)26-22)11-19(28)25-15-6-9-17(23)18(24)10-15/h4-10H,1,11-12H2,2-3H3,(H,25,28)(H,26,30). The van der Waals surface area contributed by atoms with E-state index < -0.39 is 41.6 Å². The van der Waals surface area contributed by atoms with Gasteiger partial charge in [0.15, 0.2) is 11.6 Å². The average molecular weight is 429 g/mol. The molecule has 1 heterocycles. The highest BCUT2D eigenvalue weighted by atomic mass is 19.2. The molecule has 162 valence electrons. The first-order valence-electron chi connectivity index (χ1n) is 9.37. The van der Waals surface area contributed by atoms with E-state index >= 15 is 0 Å². The van der Waals surface area contributed by atoms with Crippen LogP contribution in [0.15, 0.2) is 54.6 Å². The molecule has 9 heteroatoms. The molecule has 0 spiro atoms. The number of carbonyl (C=O) groups excluding carboxylic acids is 3. The molecule has 0 aromatic heterocycles. The maximum atomic E-state index is 13.3. The summed E-state index contributed by atoms with van der Waals surface area (Å²) in [6, 6.07) is 8.73. The van der Waals surface area contributed by atoms with Crippen molar-refractivity contribution < 1.29 is 27.9 Å². The molecule has 0 radical (unpaired) electrons. The molecule has 4 amide bonds. The van der Waals surface area contributed by atoms with Gasteiger partial charge in [0, 0.05) is 11.8 Å². The summed E-state index contributed by atoms with van der Waals surface area (Å²) >= 11 is 0. The van der Waals surface area contributed by atoms with Gasteiger partial charge in [0.1, 0.15) is 24.4 Å². The average Bonchev–Trinajstić information content (AvgIpc) is 2.93. The van der Waals surface area contributed by atoms with Gasteiger partial charge in [-0.3, -0.25) is 14.5 Å². The number of benzene rings is 2. The normalized spacial score (nSPS) is 18.0. The highest BCUT2D eigenvalue weighted by molar-refractivity contribution is 6.10. The number of hydrogen-bond donors (Lipinski definition) is 2. The smallest absolute Gasteiger partial charge is 0.325 e. The van der Waals surface area contributed by atoms with Gasteiger partial charge < -0.3 is 15.4 Å². The summed E-state index contributed by atoms with van der Waals surface area (Å²) in [7, 11) is 0. The van der Waals surface area contributed by atoms with Crippen LogP contribution in [-0.4, -0.2) is 35.9 Å². The summed E-state index contributed by atoms with van der Waals surface area (Å²) in [5.41, 5.74) is -0.000605. The van der Waals surface area contributed by atoms with Gasteiger partial charge in [0.2, 0.25) is 5.91 Å². The lowest BCUT2D eigenvalue weighted by Gasteiger charge is -2.22. The molecule has 3 rings (SSSR count). The first-order valence-corrected chi connectivity index (χ1v) is 9.37. The molecule has 2 aromatic carbocycles. The number of urea groups is 1. The number of carbonyl (C=O) groups is 3. The molecular formula is C22H21F2N3O4. The van der Waals surface area contributed by atoms with Crippen molar-refractivity contribution in [2.24, 2.45) is 0 Å². The minimum atomic E-state index is -1.37. The fourth-order valence-corrected chi connectivity index (χ4v) is 3.05. The van der Waals surface area contributed by atoms with Crippen LogP contribution >= 0.6 is 0 Å². The van der Waals surface area contributed by atoms with Crippen molar-refractivity contribution in [1.82, 2.24) is 10.2 Å². The monoisotopic (exact) mass is 429 g/mol. The van der Waals surface area contributed by atoms with Gasteiger partial charge in [0.05, 0.1) is 0 Å². The van der Waals surface area contributed by atoms with Crippen LogP contribution in [0, 0.1) is 11.6 Å². The second-order valence-electron chi connectivity index (χ2n) is 7.39. The number of ether oxygens (including phenoxy) is 1. The Morgan fingerprint density at radius 2 is 1.84 bits per heavy atom. The lowest BCUT2D eigenvalue weighted by atomic mass is 9.92. The van der Waals surface area contributed by atoms with Gasteiger partial charge >= 0.3 is 6.03 Å². The predicted molar refractivity (Wildman–Crippen MR) is 109 cm³/mol. The maximum absolute atomic E-state index is 13.3. The van der Waals surface area contributed by atoms with Crippen LogP contribution < -0.4 is 15.4 Å². The molecule has 1 atom stereocenters. The highest BCUT2D eigenvalue weighted by Crippen LogP contribution is 2.30. The maximum Gasteiger partial charge on any atom is 0.325 e. The van der Waals surface area contributed by atoms with E-state index in [1.807, 2.05) is 6.92 Å². The predicted octanol–water partition coefficient (Wildman–Crippen LogP) is 3.33. The molecule has 1 fully saturated rings. The van der Waals surface area contributed by atoms with E-state index in [1.54, 1.807) is 24.3 Å². The zero-order valence-electron chi connectivity index (χ0n) is 17.0. The Labute approximate surface area is 177 Å². The van der Waals surface area contributed by atoms with E-state index in [4.69, 9.17) is 4.74 Å². The summed E-state index contributed by atoms with van der Waals surface area (Å²) in [4.78, 5) is 38.3. The fraction of sp³-hybridized carbons (Fsp3) is 0.227. The second kappa shape index (κ2) is 8.55. The summed E-state index contributed by atoms with van der Waals surface area (Å²) in [5.74, 6) is -2.96. The van der Waals surface area contributed by atoms with E-state index in [9.17, 15) is 23.2 Å². The number of rotatable bonds is 7. The molecule has 31 heavy (non-hydrogen) atoms. The number of nitrogens with zero attached hydrogens (tertiary/aromatic N) is 1. The summed E-state index contributed by atoms with van der Waals surface area (Å²) in [5, 5.41) is 4.93. The molecule has 1 saturated heterocycles. The van der Waals surface area contributed by atoms with Crippen LogP contribution in [-0.2, 0) is 15.1 Å². The lowest BCUT2D eigenvalue weighted by molar-refractivity contribution is -0.133. The van der Waals surface area contributed by atoms with Gasteiger partial charge in [-0.15, -0.1) is 0 Å². The van der Waals surface area contributed by atoms with Crippen LogP contribution in [0.4, 0.5) is 19.3 Å². The zero-order chi connectivity index (χ0) is 22.8. The summed E-state index contributed by atoms with van der Waals surface area (Å²) in [6.07, 6.45) is 0. The van der Waals surface area contributed by atoms with E-state index in [1.165, 1.54) is 13.0 Å². The largest absolute Gasteiger partial charge is 0.489 e. The third kappa shape index (κ3) is 4.71. The molecule has 1 unspecified atom stereocenters. The Morgan fingerprint density at radius 3 is 2.45 bits per heavy atom. The van der Waals surface area contributed by atoms with Crippen LogP contribution in [0.25, 0.3) is 0 Å². The molecule has 1 aliphatic rings. The molecule has 0 saturated carbocycles. The van der Waals surface area contributed by atoms with Crippen molar-refractivity contribution in [2.75, 3.05) is 18.5 Å². The van der Waals surface area contributed by atoms with Crippen LogP contribution in [0.3, 0.4) is 0 Å². The zero-order valence-corrected chi connectivity index (χ0v) is 17.0. The van der Waals surface area contributed by atoms with E-state index in [0.717, 1.165) is 22.6 Å². The molecule has 1 aliphatic heterocycles. The first-order chi connectivity index (χ1) is 14.6. The number of imide groups is 1. The second-order valence-corrected chi connectivity index (χ2v) is 7.39. The third-order valence-electron chi connectivity index (χ3n) is 4.70. The number of anilines is 1.